The zero-order valence-electron chi connectivity index (χ0n) is 10.4. The number of anilines is 1. The summed E-state index contributed by atoms with van der Waals surface area (Å²) in [5.74, 6) is 0. The molecule has 5 heteroatoms. The van der Waals surface area contributed by atoms with Crippen LogP contribution in [0.2, 0.25) is 0 Å². The molecule has 0 fully saturated rings. The highest BCUT2D eigenvalue weighted by Crippen LogP contribution is 2.23. The summed E-state index contributed by atoms with van der Waals surface area (Å²) in [5.41, 5.74) is 4.14. The van der Waals surface area contributed by atoms with Gasteiger partial charge in [-0.1, -0.05) is 0 Å². The van der Waals surface area contributed by atoms with Gasteiger partial charge in [-0.25, -0.2) is 0 Å². The van der Waals surface area contributed by atoms with E-state index in [1.165, 1.54) is 10.4 Å². The van der Waals surface area contributed by atoms with Gasteiger partial charge in [0.05, 0.1) is 11.2 Å². The van der Waals surface area contributed by atoms with Crippen molar-refractivity contribution in [2.45, 2.75) is 13.5 Å². The van der Waals surface area contributed by atoms with Crippen LogP contribution >= 0.6 is 27.3 Å². The molecule has 3 aromatic rings. The van der Waals surface area contributed by atoms with Crippen molar-refractivity contribution in [3.05, 3.63) is 50.9 Å². The van der Waals surface area contributed by atoms with E-state index in [2.05, 4.69) is 49.6 Å². The van der Waals surface area contributed by atoms with E-state index in [0.29, 0.717) is 0 Å². The predicted octanol–water partition coefficient (Wildman–Crippen LogP) is 4.37. The van der Waals surface area contributed by atoms with Crippen molar-refractivity contribution in [1.82, 2.24) is 9.97 Å². The maximum Gasteiger partial charge on any atom is 0.112 e. The minimum atomic E-state index is 0.820. The second-order valence-corrected chi connectivity index (χ2v) is 6.18. The molecule has 0 saturated heterocycles. The number of nitrogens with one attached hydrogen (secondary N) is 1. The van der Waals surface area contributed by atoms with E-state index in [1.807, 2.05) is 12.1 Å². The summed E-state index contributed by atoms with van der Waals surface area (Å²) in [6.45, 7) is 2.95. The number of nitrogens with zero attached hydrogens (tertiary/aromatic N) is 2. The smallest absolute Gasteiger partial charge is 0.112 e. The average molecular weight is 334 g/mol. The maximum atomic E-state index is 4.43. The summed E-state index contributed by atoms with van der Waals surface area (Å²) in [6, 6.07) is 6.08. The van der Waals surface area contributed by atoms with Crippen molar-refractivity contribution in [1.29, 1.82) is 0 Å². The molecule has 0 amide bonds. The lowest BCUT2D eigenvalue weighted by Crippen LogP contribution is -2.00. The van der Waals surface area contributed by atoms with Gasteiger partial charge in [-0.2, -0.15) is 0 Å². The zero-order chi connectivity index (χ0) is 13.2. The Morgan fingerprint density at radius 1 is 1.32 bits per heavy atom. The van der Waals surface area contributed by atoms with Crippen LogP contribution in [0, 0.1) is 6.92 Å². The Morgan fingerprint density at radius 2 is 2.21 bits per heavy atom. The molecule has 0 unspecified atom stereocenters. The molecule has 0 saturated carbocycles. The van der Waals surface area contributed by atoms with E-state index in [0.717, 1.165) is 27.7 Å². The lowest BCUT2D eigenvalue weighted by atomic mass is 10.2. The summed E-state index contributed by atoms with van der Waals surface area (Å²) in [6.07, 6.45) is 3.60. The number of aryl methyl sites for hydroxylation is 1. The normalized spacial score (nSPS) is 10.8. The van der Waals surface area contributed by atoms with Crippen molar-refractivity contribution in [2.75, 3.05) is 5.32 Å². The van der Waals surface area contributed by atoms with Gasteiger partial charge in [0.15, 0.2) is 0 Å². The van der Waals surface area contributed by atoms with Gasteiger partial charge in [-0.05, 0) is 52.0 Å². The van der Waals surface area contributed by atoms with Crippen LogP contribution in [0.5, 0.6) is 0 Å². The molecule has 0 radical (unpaired) electrons. The second-order valence-electron chi connectivity index (χ2n) is 4.26. The van der Waals surface area contributed by atoms with E-state index in [-0.39, 0.29) is 0 Å². The highest BCUT2D eigenvalue weighted by molar-refractivity contribution is 9.10. The molecule has 19 heavy (non-hydrogen) atoms. The van der Waals surface area contributed by atoms with Crippen LogP contribution in [0.25, 0.3) is 11.0 Å². The van der Waals surface area contributed by atoms with Crippen LogP contribution in [0.15, 0.2) is 40.4 Å². The molecule has 0 atom stereocenters. The SMILES string of the molecule is Cc1ccsc1CNc1ccnc2cc(Br)cnc12. The van der Waals surface area contributed by atoms with Crippen LogP contribution in [0.3, 0.4) is 0 Å². The van der Waals surface area contributed by atoms with E-state index >= 15 is 0 Å². The lowest BCUT2D eigenvalue weighted by Gasteiger charge is -2.08. The third-order valence-electron chi connectivity index (χ3n) is 2.95. The Balaban J connectivity index is 1.91. The molecule has 0 aliphatic heterocycles. The molecule has 0 aromatic carbocycles. The fourth-order valence-electron chi connectivity index (χ4n) is 1.91. The third-order valence-corrected chi connectivity index (χ3v) is 4.41. The molecule has 3 nitrogen and oxygen atoms in total. The molecule has 0 spiro atoms. The van der Waals surface area contributed by atoms with Gasteiger partial charge in [0, 0.05) is 28.3 Å². The maximum absolute atomic E-state index is 4.43. The fourth-order valence-corrected chi connectivity index (χ4v) is 3.07. The van der Waals surface area contributed by atoms with Crippen molar-refractivity contribution < 1.29 is 0 Å². The number of halogens is 1. The highest BCUT2D eigenvalue weighted by Gasteiger charge is 2.05. The number of pyridine rings is 2. The fraction of sp³-hybridized carbons (Fsp3) is 0.143. The molecule has 3 rings (SSSR count). The lowest BCUT2D eigenvalue weighted by molar-refractivity contribution is 1.16. The first-order chi connectivity index (χ1) is 9.24. The highest BCUT2D eigenvalue weighted by atomic mass is 79.9. The summed E-state index contributed by atoms with van der Waals surface area (Å²) in [4.78, 5) is 10.1. The molecule has 3 heterocycles. The van der Waals surface area contributed by atoms with E-state index in [9.17, 15) is 0 Å². The quantitative estimate of drug-likeness (QED) is 0.773. The molecule has 1 N–H and O–H groups in total. The summed E-state index contributed by atoms with van der Waals surface area (Å²) >= 11 is 5.19. The van der Waals surface area contributed by atoms with Gasteiger partial charge in [0.25, 0.3) is 0 Å². The Kier molecular flexibility index (Phi) is 3.48. The van der Waals surface area contributed by atoms with Crippen molar-refractivity contribution >= 4 is 44.0 Å². The van der Waals surface area contributed by atoms with Crippen molar-refractivity contribution in [3.8, 4) is 0 Å². The topological polar surface area (TPSA) is 37.8 Å². The minimum Gasteiger partial charge on any atom is -0.378 e. The van der Waals surface area contributed by atoms with E-state index in [4.69, 9.17) is 0 Å². The van der Waals surface area contributed by atoms with Crippen LogP contribution in [-0.2, 0) is 6.54 Å². The van der Waals surface area contributed by atoms with Crippen LogP contribution < -0.4 is 5.32 Å². The standard InChI is InChI=1S/C14H12BrN3S/c1-9-3-5-19-13(9)8-17-11-2-4-16-12-6-10(15)7-18-14(11)12/h2-7H,8H2,1H3,(H,16,17). The molecular formula is C14H12BrN3S. The molecule has 0 aliphatic carbocycles. The predicted molar refractivity (Wildman–Crippen MR) is 83.6 cm³/mol. The van der Waals surface area contributed by atoms with Gasteiger partial charge in [0.2, 0.25) is 0 Å². The van der Waals surface area contributed by atoms with Crippen LogP contribution in [0.1, 0.15) is 10.4 Å². The number of fused-ring (bicyclic) bond motifs is 1. The Morgan fingerprint density at radius 3 is 3.00 bits per heavy atom. The van der Waals surface area contributed by atoms with Gasteiger partial charge in [-0.15, -0.1) is 11.3 Å². The van der Waals surface area contributed by atoms with Crippen LogP contribution in [0.4, 0.5) is 5.69 Å². The summed E-state index contributed by atoms with van der Waals surface area (Å²) < 4.78 is 0.943. The Bertz CT molecular complexity index is 724. The molecular weight excluding hydrogens is 322 g/mol. The van der Waals surface area contributed by atoms with Gasteiger partial charge < -0.3 is 5.32 Å². The first-order valence-corrected chi connectivity index (χ1v) is 7.58. The van der Waals surface area contributed by atoms with Crippen LogP contribution in [-0.4, -0.2) is 9.97 Å². The molecule has 0 aliphatic rings. The van der Waals surface area contributed by atoms with Gasteiger partial charge in [-0.3, -0.25) is 9.97 Å². The number of aromatic nitrogens is 2. The average Bonchev–Trinajstić information content (AvgIpc) is 2.81. The van der Waals surface area contributed by atoms with Gasteiger partial charge in [0.1, 0.15) is 5.52 Å². The first-order valence-electron chi connectivity index (χ1n) is 5.91. The van der Waals surface area contributed by atoms with E-state index in [1.54, 1.807) is 23.7 Å². The molecule has 3 aromatic heterocycles. The Labute approximate surface area is 123 Å². The second kappa shape index (κ2) is 5.27. The van der Waals surface area contributed by atoms with Crippen molar-refractivity contribution in [2.24, 2.45) is 0 Å². The zero-order valence-corrected chi connectivity index (χ0v) is 12.8. The summed E-state index contributed by atoms with van der Waals surface area (Å²) in [5, 5.41) is 5.56. The largest absolute Gasteiger partial charge is 0.378 e. The number of rotatable bonds is 3. The molecule has 96 valence electrons. The first kappa shape index (κ1) is 12.6. The minimum absolute atomic E-state index is 0.820. The van der Waals surface area contributed by atoms with Gasteiger partial charge >= 0.3 is 0 Å². The number of hydrogen-bond acceptors (Lipinski definition) is 4. The molecule has 0 bridgehead atoms. The third kappa shape index (κ3) is 2.62. The number of hydrogen-bond donors (Lipinski definition) is 1. The van der Waals surface area contributed by atoms with Crippen molar-refractivity contribution in [3.63, 3.8) is 0 Å². The van der Waals surface area contributed by atoms with E-state index < -0.39 is 0 Å². The summed E-state index contributed by atoms with van der Waals surface area (Å²) in [7, 11) is 0. The Hall–Kier alpha value is -1.46. The number of thiophene rings is 1. The monoisotopic (exact) mass is 333 g/mol.